The van der Waals surface area contributed by atoms with Gasteiger partial charge in [0.2, 0.25) is 0 Å². The van der Waals surface area contributed by atoms with Crippen LogP contribution in [-0.2, 0) is 6.42 Å². The van der Waals surface area contributed by atoms with E-state index in [-0.39, 0.29) is 5.91 Å². The van der Waals surface area contributed by atoms with Crippen molar-refractivity contribution in [2.24, 2.45) is 0 Å². The minimum absolute atomic E-state index is 0.0834. The molecule has 0 atom stereocenters. The van der Waals surface area contributed by atoms with Gasteiger partial charge in [0.05, 0.1) is 0 Å². The van der Waals surface area contributed by atoms with Gasteiger partial charge in [-0.2, -0.15) is 0 Å². The van der Waals surface area contributed by atoms with Crippen LogP contribution >= 0.6 is 0 Å². The maximum absolute atomic E-state index is 12.4. The third-order valence-corrected chi connectivity index (χ3v) is 3.68. The van der Waals surface area contributed by atoms with E-state index in [4.69, 9.17) is 0 Å². The number of nitrogens with zero attached hydrogens (tertiary/aromatic N) is 1. The summed E-state index contributed by atoms with van der Waals surface area (Å²) < 4.78 is 2.01. The number of carbonyl (C=O) groups excluding carboxylic acids is 1. The molecule has 0 radical (unpaired) electrons. The number of aromatic nitrogens is 1. The molecule has 3 nitrogen and oxygen atoms in total. The molecule has 0 bridgehead atoms. The lowest BCUT2D eigenvalue weighted by Gasteiger charge is -2.10. The summed E-state index contributed by atoms with van der Waals surface area (Å²) in [6, 6.07) is 19.4. The zero-order chi connectivity index (χ0) is 15.4. The van der Waals surface area contributed by atoms with Gasteiger partial charge in [-0.15, -0.1) is 0 Å². The van der Waals surface area contributed by atoms with Crippen LogP contribution in [0.5, 0.6) is 0 Å². The van der Waals surface area contributed by atoms with Crippen LogP contribution < -0.4 is 5.32 Å². The van der Waals surface area contributed by atoms with E-state index in [0.717, 1.165) is 23.4 Å². The van der Waals surface area contributed by atoms with Gasteiger partial charge in [-0.3, -0.25) is 4.79 Å². The van der Waals surface area contributed by atoms with Gasteiger partial charge in [0, 0.05) is 29.3 Å². The van der Waals surface area contributed by atoms with E-state index in [1.165, 1.54) is 0 Å². The fourth-order valence-electron chi connectivity index (χ4n) is 2.44. The number of para-hydroxylation sites is 1. The molecule has 2 aromatic carbocycles. The number of amides is 1. The van der Waals surface area contributed by atoms with Crippen molar-refractivity contribution in [3.8, 4) is 5.69 Å². The molecular formula is C19H18N2O. The highest BCUT2D eigenvalue weighted by molar-refractivity contribution is 6.04. The Hall–Kier alpha value is -2.81. The standard InChI is InChI=1S/C19H18N2O/c1-2-15-7-3-4-8-18(15)20-19(22)16-9-11-17(12-10-16)21-13-5-6-14-21/h3-14H,2H2,1H3,(H,20,22). The molecule has 0 aliphatic heterocycles. The Morgan fingerprint density at radius 1 is 0.955 bits per heavy atom. The van der Waals surface area contributed by atoms with Gasteiger partial charge in [-0.05, 0) is 54.4 Å². The Bertz CT molecular complexity index is 758. The first-order valence-electron chi connectivity index (χ1n) is 7.40. The maximum atomic E-state index is 12.4. The minimum Gasteiger partial charge on any atom is -0.324 e. The van der Waals surface area contributed by atoms with Crippen molar-refractivity contribution < 1.29 is 4.79 Å². The molecule has 0 fully saturated rings. The fraction of sp³-hybridized carbons (Fsp3) is 0.105. The van der Waals surface area contributed by atoms with Crippen molar-refractivity contribution in [1.82, 2.24) is 4.57 Å². The molecule has 3 rings (SSSR count). The molecule has 1 heterocycles. The van der Waals surface area contributed by atoms with Crippen molar-refractivity contribution in [2.75, 3.05) is 5.32 Å². The molecule has 1 N–H and O–H groups in total. The highest BCUT2D eigenvalue weighted by Crippen LogP contribution is 2.17. The molecule has 0 spiro atoms. The summed E-state index contributed by atoms with van der Waals surface area (Å²) >= 11 is 0. The van der Waals surface area contributed by atoms with Crippen LogP contribution in [-0.4, -0.2) is 10.5 Å². The molecule has 22 heavy (non-hydrogen) atoms. The van der Waals surface area contributed by atoms with Crippen LogP contribution in [0.15, 0.2) is 73.1 Å². The molecule has 0 aliphatic carbocycles. The smallest absolute Gasteiger partial charge is 0.255 e. The van der Waals surface area contributed by atoms with Gasteiger partial charge in [0.15, 0.2) is 0 Å². The molecule has 0 aliphatic rings. The molecule has 110 valence electrons. The fourth-order valence-corrected chi connectivity index (χ4v) is 2.44. The molecule has 3 heteroatoms. The number of rotatable bonds is 4. The summed E-state index contributed by atoms with van der Waals surface area (Å²) in [5.74, 6) is -0.0834. The van der Waals surface area contributed by atoms with Crippen LogP contribution in [0.1, 0.15) is 22.8 Å². The lowest BCUT2D eigenvalue weighted by molar-refractivity contribution is 0.102. The van der Waals surface area contributed by atoms with Gasteiger partial charge in [0.1, 0.15) is 0 Å². The quantitative estimate of drug-likeness (QED) is 0.764. The number of carbonyl (C=O) groups is 1. The maximum Gasteiger partial charge on any atom is 0.255 e. The highest BCUT2D eigenvalue weighted by Gasteiger charge is 2.08. The topological polar surface area (TPSA) is 34.0 Å². The van der Waals surface area contributed by atoms with E-state index >= 15 is 0 Å². The van der Waals surface area contributed by atoms with Crippen molar-refractivity contribution in [2.45, 2.75) is 13.3 Å². The average molecular weight is 290 g/mol. The van der Waals surface area contributed by atoms with Crippen molar-refractivity contribution in [1.29, 1.82) is 0 Å². The lowest BCUT2D eigenvalue weighted by atomic mass is 10.1. The SMILES string of the molecule is CCc1ccccc1NC(=O)c1ccc(-n2cccc2)cc1. The third kappa shape index (κ3) is 2.93. The van der Waals surface area contributed by atoms with E-state index in [2.05, 4.69) is 12.2 Å². The van der Waals surface area contributed by atoms with E-state index < -0.39 is 0 Å². The lowest BCUT2D eigenvalue weighted by Crippen LogP contribution is -2.13. The normalized spacial score (nSPS) is 10.4. The third-order valence-electron chi connectivity index (χ3n) is 3.68. The summed E-state index contributed by atoms with van der Waals surface area (Å²) in [6.07, 6.45) is 4.85. The monoisotopic (exact) mass is 290 g/mol. The zero-order valence-electron chi connectivity index (χ0n) is 12.5. The van der Waals surface area contributed by atoms with Gasteiger partial charge in [-0.25, -0.2) is 0 Å². The number of aryl methyl sites for hydroxylation is 1. The second-order valence-electron chi connectivity index (χ2n) is 5.10. The molecular weight excluding hydrogens is 272 g/mol. The second-order valence-corrected chi connectivity index (χ2v) is 5.10. The first-order chi connectivity index (χ1) is 10.8. The van der Waals surface area contributed by atoms with Crippen molar-refractivity contribution in [3.05, 3.63) is 84.2 Å². The van der Waals surface area contributed by atoms with Crippen LogP contribution in [0.3, 0.4) is 0 Å². The van der Waals surface area contributed by atoms with Crippen LogP contribution in [0, 0.1) is 0 Å². The van der Waals surface area contributed by atoms with E-state index in [0.29, 0.717) is 5.56 Å². The van der Waals surface area contributed by atoms with E-state index in [1.54, 1.807) is 0 Å². The number of benzene rings is 2. The number of hydrogen-bond acceptors (Lipinski definition) is 1. The predicted octanol–water partition coefficient (Wildman–Crippen LogP) is 4.29. The number of anilines is 1. The van der Waals surface area contributed by atoms with Crippen LogP contribution in [0.2, 0.25) is 0 Å². The summed E-state index contributed by atoms with van der Waals surface area (Å²) in [4.78, 5) is 12.4. The molecule has 3 aromatic rings. The predicted molar refractivity (Wildman–Crippen MR) is 89.5 cm³/mol. The Labute approximate surface area is 130 Å². The molecule has 0 saturated carbocycles. The highest BCUT2D eigenvalue weighted by atomic mass is 16.1. The Balaban J connectivity index is 1.78. The van der Waals surface area contributed by atoms with E-state index in [9.17, 15) is 4.79 Å². The first-order valence-corrected chi connectivity index (χ1v) is 7.40. The number of hydrogen-bond donors (Lipinski definition) is 1. The van der Waals surface area contributed by atoms with Crippen LogP contribution in [0.4, 0.5) is 5.69 Å². The summed E-state index contributed by atoms with van der Waals surface area (Å²) in [7, 11) is 0. The van der Waals surface area contributed by atoms with Gasteiger partial charge < -0.3 is 9.88 Å². The van der Waals surface area contributed by atoms with Gasteiger partial charge >= 0.3 is 0 Å². The molecule has 1 aromatic heterocycles. The average Bonchev–Trinajstić information content (AvgIpc) is 3.10. The minimum atomic E-state index is -0.0834. The number of nitrogens with one attached hydrogen (secondary N) is 1. The second kappa shape index (κ2) is 6.31. The summed E-state index contributed by atoms with van der Waals surface area (Å²) in [5, 5.41) is 2.99. The molecule has 1 amide bonds. The van der Waals surface area contributed by atoms with E-state index in [1.807, 2.05) is 77.6 Å². The molecule has 0 saturated heterocycles. The van der Waals surface area contributed by atoms with Crippen molar-refractivity contribution >= 4 is 11.6 Å². The summed E-state index contributed by atoms with van der Waals surface area (Å²) in [6.45, 7) is 2.08. The van der Waals surface area contributed by atoms with Crippen LogP contribution in [0.25, 0.3) is 5.69 Å². The molecule has 0 unspecified atom stereocenters. The zero-order valence-corrected chi connectivity index (χ0v) is 12.5. The first kappa shape index (κ1) is 14.1. The summed E-state index contributed by atoms with van der Waals surface area (Å²) in [5.41, 5.74) is 3.71. The van der Waals surface area contributed by atoms with Gasteiger partial charge in [-0.1, -0.05) is 25.1 Å². The Morgan fingerprint density at radius 2 is 1.64 bits per heavy atom. The van der Waals surface area contributed by atoms with Gasteiger partial charge in [0.25, 0.3) is 5.91 Å². The Morgan fingerprint density at radius 3 is 2.32 bits per heavy atom. The Kier molecular flexibility index (Phi) is 4.05. The van der Waals surface area contributed by atoms with Crippen molar-refractivity contribution in [3.63, 3.8) is 0 Å². The largest absolute Gasteiger partial charge is 0.324 e.